The number of aliphatic carboxylic acids is 1. The zero-order valence-electron chi connectivity index (χ0n) is 18.9. The molecule has 0 bridgehead atoms. The Kier molecular flexibility index (Phi) is 7.41. The molecular weight excluding hydrogens is 512 g/mol. The van der Waals surface area contributed by atoms with Crippen LogP contribution in [-0.2, 0) is 11.2 Å². The zero-order valence-corrected chi connectivity index (χ0v) is 19.8. The highest BCUT2D eigenvalue weighted by Crippen LogP contribution is 2.41. The van der Waals surface area contributed by atoms with Crippen molar-refractivity contribution in [1.29, 1.82) is 0 Å². The van der Waals surface area contributed by atoms with E-state index in [1.54, 1.807) is 41.1 Å². The van der Waals surface area contributed by atoms with Crippen molar-refractivity contribution in [2.75, 3.05) is 5.73 Å². The van der Waals surface area contributed by atoms with Gasteiger partial charge in [-0.25, -0.2) is 9.37 Å². The van der Waals surface area contributed by atoms with Gasteiger partial charge >= 0.3 is 12.1 Å². The van der Waals surface area contributed by atoms with Gasteiger partial charge < -0.3 is 21.3 Å². The van der Waals surface area contributed by atoms with Crippen molar-refractivity contribution in [3.63, 3.8) is 0 Å². The third-order valence-corrected chi connectivity index (χ3v) is 6.09. The van der Waals surface area contributed by atoms with E-state index in [1.165, 1.54) is 17.4 Å². The molecule has 4 aromatic rings. The molecule has 2 atom stereocenters. The number of benzene rings is 2. The molecule has 0 spiro atoms. The van der Waals surface area contributed by atoms with Gasteiger partial charge in [-0.1, -0.05) is 30.3 Å². The maximum Gasteiger partial charge on any atom is 0.429 e. The number of alkyl halides is 3. The number of carbonyl (C=O) groups is 1. The fraction of sp³-hybridized carbons (Fsp3) is 0.160. The van der Waals surface area contributed by atoms with E-state index in [0.717, 1.165) is 18.2 Å². The SMILES string of the molecule is Nc1nc(O[C@@H](c2ccc(F)cc2-c2ccsc2)C(F)(F)F)cc(-c2ccc(CC(N)C(=O)O)cc2)n1. The average Bonchev–Trinajstić information content (AvgIpc) is 3.37. The van der Waals surface area contributed by atoms with Gasteiger partial charge in [0.2, 0.25) is 17.9 Å². The minimum Gasteiger partial charge on any atom is -0.480 e. The van der Waals surface area contributed by atoms with Gasteiger partial charge in [0.05, 0.1) is 5.69 Å². The number of carboxylic acid groups (broad SMARTS) is 1. The topological polar surface area (TPSA) is 124 Å². The average molecular weight is 533 g/mol. The van der Waals surface area contributed by atoms with Crippen molar-refractivity contribution in [3.05, 3.63) is 82.3 Å². The Morgan fingerprint density at radius 3 is 2.41 bits per heavy atom. The second-order valence-electron chi connectivity index (χ2n) is 8.08. The smallest absolute Gasteiger partial charge is 0.429 e. The lowest BCUT2D eigenvalue weighted by atomic mass is 9.97. The molecule has 2 aromatic heterocycles. The van der Waals surface area contributed by atoms with Gasteiger partial charge in [-0.05, 0) is 52.1 Å². The Labute approximate surface area is 212 Å². The molecule has 0 saturated carbocycles. The van der Waals surface area contributed by atoms with Gasteiger partial charge in [-0.15, -0.1) is 0 Å². The summed E-state index contributed by atoms with van der Waals surface area (Å²) < 4.78 is 61.9. The molecule has 0 radical (unpaired) electrons. The number of ether oxygens (including phenoxy) is 1. The van der Waals surface area contributed by atoms with Crippen LogP contribution in [0, 0.1) is 5.82 Å². The van der Waals surface area contributed by atoms with Crippen molar-refractivity contribution in [1.82, 2.24) is 9.97 Å². The van der Waals surface area contributed by atoms with Gasteiger partial charge in [0.1, 0.15) is 11.9 Å². The van der Waals surface area contributed by atoms with Crippen molar-refractivity contribution >= 4 is 23.3 Å². The van der Waals surface area contributed by atoms with Crippen LogP contribution in [0.4, 0.5) is 23.5 Å². The first-order valence-electron chi connectivity index (χ1n) is 10.8. The molecule has 4 rings (SSSR count). The first-order valence-corrected chi connectivity index (χ1v) is 11.7. The summed E-state index contributed by atoms with van der Waals surface area (Å²) in [5.74, 6) is -2.57. The molecule has 0 saturated heterocycles. The van der Waals surface area contributed by atoms with Gasteiger partial charge in [0.25, 0.3) is 0 Å². The van der Waals surface area contributed by atoms with E-state index in [1.807, 2.05) is 0 Å². The molecular formula is C25H20F4N4O3S. The quantitative estimate of drug-likeness (QED) is 0.266. The molecule has 192 valence electrons. The molecule has 12 heteroatoms. The summed E-state index contributed by atoms with van der Waals surface area (Å²) in [7, 11) is 0. The first kappa shape index (κ1) is 26.0. The van der Waals surface area contributed by atoms with Crippen LogP contribution in [0.25, 0.3) is 22.4 Å². The number of nitrogens with two attached hydrogens (primary N) is 2. The second-order valence-corrected chi connectivity index (χ2v) is 8.86. The Balaban J connectivity index is 1.67. The standard InChI is InChI=1S/C25H20F4N4O3S/c26-16-5-6-17(18(10-16)15-7-8-37-12-15)22(25(27,28)29)36-21-11-20(32-24(31)33-21)14-3-1-13(2-4-14)9-19(30)23(34)35/h1-8,10-12,19,22H,9,30H2,(H,34,35)(H2,31,32,33)/t19?,22-/m0/s1. The van der Waals surface area contributed by atoms with Crippen molar-refractivity contribution in [2.24, 2.45) is 5.73 Å². The number of nitrogens with zero attached hydrogens (tertiary/aromatic N) is 2. The summed E-state index contributed by atoms with van der Waals surface area (Å²) >= 11 is 1.26. The predicted octanol–water partition coefficient (Wildman–Crippen LogP) is 5.23. The highest BCUT2D eigenvalue weighted by Gasteiger charge is 2.44. The monoisotopic (exact) mass is 532 g/mol. The van der Waals surface area contributed by atoms with E-state index in [-0.39, 0.29) is 29.2 Å². The highest BCUT2D eigenvalue weighted by atomic mass is 32.1. The fourth-order valence-corrected chi connectivity index (χ4v) is 4.31. The summed E-state index contributed by atoms with van der Waals surface area (Å²) in [6.45, 7) is 0. The third-order valence-electron chi connectivity index (χ3n) is 5.41. The second kappa shape index (κ2) is 10.5. The number of aromatic nitrogens is 2. The lowest BCUT2D eigenvalue weighted by Gasteiger charge is -2.24. The van der Waals surface area contributed by atoms with Crippen LogP contribution in [-0.4, -0.2) is 33.3 Å². The summed E-state index contributed by atoms with van der Waals surface area (Å²) in [5.41, 5.74) is 12.8. The maximum absolute atomic E-state index is 14.2. The number of nitrogen functional groups attached to an aromatic ring is 1. The molecule has 7 nitrogen and oxygen atoms in total. The lowest BCUT2D eigenvalue weighted by molar-refractivity contribution is -0.198. The fourth-order valence-electron chi connectivity index (χ4n) is 3.66. The number of rotatable bonds is 8. The van der Waals surface area contributed by atoms with Crippen molar-refractivity contribution in [2.45, 2.75) is 24.7 Å². The summed E-state index contributed by atoms with van der Waals surface area (Å²) in [5, 5.41) is 12.2. The number of hydrogen-bond donors (Lipinski definition) is 3. The van der Waals surface area contributed by atoms with E-state index >= 15 is 0 Å². The first-order chi connectivity index (χ1) is 17.5. The van der Waals surface area contributed by atoms with Gasteiger partial charge in [-0.2, -0.15) is 29.5 Å². The van der Waals surface area contributed by atoms with Crippen LogP contribution >= 0.6 is 11.3 Å². The molecule has 0 fully saturated rings. The van der Waals surface area contributed by atoms with Crippen molar-refractivity contribution in [3.8, 4) is 28.3 Å². The van der Waals surface area contributed by atoms with Crippen LogP contribution in [0.3, 0.4) is 0 Å². The van der Waals surface area contributed by atoms with Crippen LogP contribution in [0.5, 0.6) is 5.88 Å². The number of halogens is 4. The molecule has 0 aliphatic heterocycles. The Morgan fingerprint density at radius 1 is 1.05 bits per heavy atom. The van der Waals surface area contributed by atoms with E-state index in [9.17, 15) is 22.4 Å². The number of anilines is 1. The molecule has 0 amide bonds. The van der Waals surface area contributed by atoms with E-state index in [2.05, 4.69) is 9.97 Å². The van der Waals surface area contributed by atoms with Crippen molar-refractivity contribution < 1.29 is 32.2 Å². The molecule has 1 unspecified atom stereocenters. The maximum atomic E-state index is 14.2. The van der Waals surface area contributed by atoms with Gasteiger partial charge in [-0.3, -0.25) is 4.79 Å². The van der Waals surface area contributed by atoms with Gasteiger partial charge in [0, 0.05) is 17.2 Å². The van der Waals surface area contributed by atoms with Crippen LogP contribution < -0.4 is 16.2 Å². The zero-order chi connectivity index (χ0) is 26.7. The Bertz CT molecular complexity index is 1400. The number of thiophene rings is 1. The van der Waals surface area contributed by atoms with E-state index in [0.29, 0.717) is 16.7 Å². The Morgan fingerprint density at radius 2 is 1.78 bits per heavy atom. The predicted molar refractivity (Wildman–Crippen MR) is 130 cm³/mol. The summed E-state index contributed by atoms with van der Waals surface area (Å²) in [6, 6.07) is 11.2. The molecule has 5 N–H and O–H groups in total. The molecule has 2 heterocycles. The largest absolute Gasteiger partial charge is 0.480 e. The normalized spacial score (nSPS) is 13.2. The number of carboxylic acids is 1. The highest BCUT2D eigenvalue weighted by molar-refractivity contribution is 7.08. The van der Waals surface area contributed by atoms with E-state index in [4.69, 9.17) is 21.3 Å². The summed E-state index contributed by atoms with van der Waals surface area (Å²) in [4.78, 5) is 18.9. The van der Waals surface area contributed by atoms with Gasteiger partial charge in [0.15, 0.2) is 0 Å². The van der Waals surface area contributed by atoms with Crippen LogP contribution in [0.2, 0.25) is 0 Å². The molecule has 37 heavy (non-hydrogen) atoms. The minimum absolute atomic E-state index is 0.0426. The molecule has 0 aliphatic rings. The Hall–Kier alpha value is -4.03. The van der Waals surface area contributed by atoms with Crippen LogP contribution in [0.1, 0.15) is 17.2 Å². The number of hydrogen-bond acceptors (Lipinski definition) is 7. The summed E-state index contributed by atoms with van der Waals surface area (Å²) in [6.07, 6.45) is -7.25. The molecule has 2 aromatic carbocycles. The van der Waals surface area contributed by atoms with Crippen LogP contribution in [0.15, 0.2) is 65.4 Å². The molecule has 0 aliphatic carbocycles. The minimum atomic E-state index is -4.87. The lowest BCUT2D eigenvalue weighted by Crippen LogP contribution is -2.32. The third kappa shape index (κ3) is 6.22. The van der Waals surface area contributed by atoms with E-state index < -0.39 is 36.0 Å².